The summed E-state index contributed by atoms with van der Waals surface area (Å²) >= 11 is 0. The van der Waals surface area contributed by atoms with Crippen molar-refractivity contribution in [3.8, 4) is 0 Å². The summed E-state index contributed by atoms with van der Waals surface area (Å²) in [7, 11) is -1.69. The molecular weight excluding hydrogens is 380 g/mol. The molecule has 0 saturated heterocycles. The Morgan fingerprint density at radius 1 is 0.862 bits per heavy atom. The SMILES string of the molecule is Cc1ccc(S(=O)(=O)N[C@@H]2c3ccccc3C=C[C@H]2N(C)c2ccccc2)cc1. The highest BCUT2D eigenvalue weighted by molar-refractivity contribution is 7.89. The Morgan fingerprint density at radius 3 is 2.24 bits per heavy atom. The lowest BCUT2D eigenvalue weighted by atomic mass is 9.89. The van der Waals surface area contributed by atoms with E-state index >= 15 is 0 Å². The van der Waals surface area contributed by atoms with Gasteiger partial charge in [0.1, 0.15) is 0 Å². The van der Waals surface area contributed by atoms with E-state index in [-0.39, 0.29) is 10.9 Å². The van der Waals surface area contributed by atoms with E-state index in [2.05, 4.69) is 21.8 Å². The molecule has 1 aliphatic carbocycles. The van der Waals surface area contributed by atoms with Gasteiger partial charge in [0.05, 0.1) is 17.0 Å². The number of benzene rings is 3. The van der Waals surface area contributed by atoms with E-state index in [1.54, 1.807) is 12.1 Å². The first kappa shape index (κ1) is 19.4. The molecule has 5 heteroatoms. The fraction of sp³-hybridized carbons (Fsp3) is 0.167. The monoisotopic (exact) mass is 404 g/mol. The van der Waals surface area contributed by atoms with E-state index in [1.807, 2.05) is 80.7 Å². The highest BCUT2D eigenvalue weighted by atomic mass is 32.2. The predicted octanol–water partition coefficient (Wildman–Crippen LogP) is 4.55. The molecule has 0 fully saturated rings. The molecule has 2 atom stereocenters. The fourth-order valence-corrected chi connectivity index (χ4v) is 4.95. The van der Waals surface area contributed by atoms with Gasteiger partial charge >= 0.3 is 0 Å². The van der Waals surface area contributed by atoms with Crippen LogP contribution in [0.3, 0.4) is 0 Å². The molecular formula is C24H24N2O2S. The van der Waals surface area contributed by atoms with Crippen molar-refractivity contribution in [3.05, 3.63) is 102 Å². The van der Waals surface area contributed by atoms with Crippen molar-refractivity contribution in [2.24, 2.45) is 0 Å². The zero-order valence-electron chi connectivity index (χ0n) is 16.5. The third-order valence-electron chi connectivity index (χ3n) is 5.37. The minimum Gasteiger partial charge on any atom is -0.366 e. The van der Waals surface area contributed by atoms with Gasteiger partial charge in [0.2, 0.25) is 10.0 Å². The van der Waals surface area contributed by atoms with Crippen LogP contribution in [-0.2, 0) is 10.0 Å². The molecule has 148 valence electrons. The molecule has 0 amide bonds. The van der Waals surface area contributed by atoms with Crippen molar-refractivity contribution in [3.63, 3.8) is 0 Å². The molecule has 0 unspecified atom stereocenters. The van der Waals surface area contributed by atoms with Crippen LogP contribution >= 0.6 is 0 Å². The second kappa shape index (κ2) is 7.85. The average molecular weight is 405 g/mol. The number of para-hydroxylation sites is 1. The predicted molar refractivity (Wildman–Crippen MR) is 118 cm³/mol. The van der Waals surface area contributed by atoms with Crippen LogP contribution in [0.15, 0.2) is 89.8 Å². The van der Waals surface area contributed by atoms with Gasteiger partial charge in [-0.05, 0) is 42.3 Å². The maximum absolute atomic E-state index is 13.2. The Labute approximate surface area is 172 Å². The number of anilines is 1. The average Bonchev–Trinajstić information content (AvgIpc) is 2.74. The number of aryl methyl sites for hydroxylation is 1. The number of fused-ring (bicyclic) bond motifs is 1. The summed E-state index contributed by atoms with van der Waals surface area (Å²) in [5.41, 5.74) is 4.05. The first-order valence-electron chi connectivity index (χ1n) is 9.60. The maximum Gasteiger partial charge on any atom is 0.241 e. The summed E-state index contributed by atoms with van der Waals surface area (Å²) in [6.07, 6.45) is 4.13. The molecule has 0 aromatic heterocycles. The molecule has 4 nitrogen and oxygen atoms in total. The molecule has 29 heavy (non-hydrogen) atoms. The molecule has 1 aliphatic rings. The summed E-state index contributed by atoms with van der Waals surface area (Å²) in [6.45, 7) is 1.94. The van der Waals surface area contributed by atoms with Crippen molar-refractivity contribution >= 4 is 21.8 Å². The quantitative estimate of drug-likeness (QED) is 0.679. The number of sulfonamides is 1. The lowest BCUT2D eigenvalue weighted by molar-refractivity contribution is 0.520. The number of hydrogen-bond donors (Lipinski definition) is 1. The molecule has 0 aliphatic heterocycles. The van der Waals surface area contributed by atoms with Crippen LogP contribution in [0.25, 0.3) is 6.08 Å². The highest BCUT2D eigenvalue weighted by Gasteiger charge is 2.33. The zero-order chi connectivity index (χ0) is 20.4. The van der Waals surface area contributed by atoms with Crippen LogP contribution in [0.1, 0.15) is 22.7 Å². The lowest BCUT2D eigenvalue weighted by Gasteiger charge is -2.37. The second-order valence-corrected chi connectivity index (χ2v) is 9.05. The van der Waals surface area contributed by atoms with Crippen molar-refractivity contribution < 1.29 is 8.42 Å². The van der Waals surface area contributed by atoms with E-state index in [4.69, 9.17) is 0 Å². The first-order chi connectivity index (χ1) is 14.0. The summed E-state index contributed by atoms with van der Waals surface area (Å²) < 4.78 is 29.3. The van der Waals surface area contributed by atoms with E-state index in [1.165, 1.54) is 0 Å². The fourth-order valence-electron chi connectivity index (χ4n) is 3.72. The molecule has 0 radical (unpaired) electrons. The van der Waals surface area contributed by atoms with Crippen molar-refractivity contribution in [2.45, 2.75) is 23.9 Å². The van der Waals surface area contributed by atoms with Crippen molar-refractivity contribution in [2.75, 3.05) is 11.9 Å². The molecule has 0 bridgehead atoms. The molecule has 1 N–H and O–H groups in total. The van der Waals surface area contributed by atoms with Gasteiger partial charge in [0.15, 0.2) is 0 Å². The Kier molecular flexibility index (Phi) is 5.26. The van der Waals surface area contributed by atoms with Crippen molar-refractivity contribution in [1.29, 1.82) is 0 Å². The van der Waals surface area contributed by atoms with Gasteiger partial charge in [-0.15, -0.1) is 0 Å². The van der Waals surface area contributed by atoms with E-state index < -0.39 is 16.1 Å². The van der Waals surface area contributed by atoms with Gasteiger partial charge < -0.3 is 4.90 Å². The van der Waals surface area contributed by atoms with Crippen LogP contribution < -0.4 is 9.62 Å². The Balaban J connectivity index is 1.73. The van der Waals surface area contributed by atoms with Gasteiger partial charge in [-0.3, -0.25) is 0 Å². The molecule has 3 aromatic carbocycles. The standard InChI is InChI=1S/C24H24N2O2S/c1-18-12-15-21(16-13-18)29(27,28)25-24-22-11-7-6-8-19(22)14-17-23(24)26(2)20-9-4-3-5-10-20/h3-17,23-25H,1-2H3/t23-,24-/m1/s1. The Morgan fingerprint density at radius 2 is 1.52 bits per heavy atom. The van der Waals surface area contributed by atoms with Crippen LogP contribution in [0.2, 0.25) is 0 Å². The lowest BCUT2D eigenvalue weighted by Crippen LogP contribution is -2.45. The van der Waals surface area contributed by atoms with E-state index in [0.29, 0.717) is 0 Å². The third kappa shape index (κ3) is 3.97. The van der Waals surface area contributed by atoms with E-state index in [9.17, 15) is 8.42 Å². The van der Waals surface area contributed by atoms with Gasteiger partial charge in [0, 0.05) is 12.7 Å². The van der Waals surface area contributed by atoms with Gasteiger partial charge in [-0.2, -0.15) is 0 Å². The summed E-state index contributed by atoms with van der Waals surface area (Å²) in [5.74, 6) is 0. The third-order valence-corrected chi connectivity index (χ3v) is 6.83. The van der Waals surface area contributed by atoms with E-state index in [0.717, 1.165) is 22.4 Å². The molecule has 0 spiro atoms. The normalized spacial score (nSPS) is 18.3. The number of nitrogens with one attached hydrogen (secondary N) is 1. The highest BCUT2D eigenvalue weighted by Crippen LogP contribution is 2.33. The molecule has 0 heterocycles. The minimum atomic E-state index is -3.68. The number of rotatable bonds is 5. The van der Waals surface area contributed by atoms with Crippen LogP contribution in [-0.4, -0.2) is 21.5 Å². The number of hydrogen-bond acceptors (Lipinski definition) is 3. The smallest absolute Gasteiger partial charge is 0.241 e. The molecule has 3 aromatic rings. The molecule has 4 rings (SSSR count). The van der Waals surface area contributed by atoms with Crippen molar-refractivity contribution in [1.82, 2.24) is 4.72 Å². The van der Waals surface area contributed by atoms with Gasteiger partial charge in [-0.25, -0.2) is 13.1 Å². The summed E-state index contributed by atoms with van der Waals surface area (Å²) in [4.78, 5) is 2.38. The summed E-state index contributed by atoms with van der Waals surface area (Å²) in [5, 5.41) is 0. The summed E-state index contributed by atoms with van der Waals surface area (Å²) in [6, 6.07) is 24.3. The van der Waals surface area contributed by atoms with Gasteiger partial charge in [-0.1, -0.05) is 72.3 Å². The Bertz CT molecular complexity index is 1120. The molecule has 0 saturated carbocycles. The first-order valence-corrected chi connectivity index (χ1v) is 11.1. The maximum atomic E-state index is 13.2. The minimum absolute atomic E-state index is 0.160. The topological polar surface area (TPSA) is 49.4 Å². The van der Waals surface area contributed by atoms with Crippen LogP contribution in [0.4, 0.5) is 5.69 Å². The van der Waals surface area contributed by atoms with Gasteiger partial charge in [0.25, 0.3) is 0 Å². The second-order valence-electron chi connectivity index (χ2n) is 7.34. The Hall–Kier alpha value is -2.89. The van der Waals surface area contributed by atoms with Crippen LogP contribution in [0, 0.1) is 6.92 Å². The zero-order valence-corrected chi connectivity index (χ0v) is 17.3. The number of likely N-dealkylation sites (N-methyl/N-ethyl adjacent to an activating group) is 1. The largest absolute Gasteiger partial charge is 0.366 e. The van der Waals surface area contributed by atoms with Crippen LogP contribution in [0.5, 0.6) is 0 Å². The number of nitrogens with zero attached hydrogens (tertiary/aromatic N) is 1.